The summed E-state index contributed by atoms with van der Waals surface area (Å²) in [5.41, 5.74) is 4.86. The Morgan fingerprint density at radius 3 is 2.50 bits per heavy atom. The molecule has 1 saturated carbocycles. The molecule has 106 valence electrons. The van der Waals surface area contributed by atoms with Crippen molar-refractivity contribution in [1.29, 1.82) is 0 Å². The third kappa shape index (κ3) is 4.25. The zero-order chi connectivity index (χ0) is 13.6. The van der Waals surface area contributed by atoms with Crippen molar-refractivity contribution in [2.75, 3.05) is 20.6 Å². The van der Waals surface area contributed by atoms with Gasteiger partial charge in [-0.3, -0.25) is 4.79 Å². The Labute approximate surface area is 111 Å². The average Bonchev–Trinajstić information content (AvgIpc) is 2.87. The first-order chi connectivity index (χ1) is 8.49. The third-order valence-electron chi connectivity index (χ3n) is 4.48. The van der Waals surface area contributed by atoms with Crippen LogP contribution in [0.15, 0.2) is 0 Å². The molecule has 1 unspecified atom stereocenters. The molecular formula is C14H29N3O. The first kappa shape index (κ1) is 15.4. The molecule has 1 rings (SSSR count). The highest BCUT2D eigenvalue weighted by atomic mass is 16.1. The third-order valence-corrected chi connectivity index (χ3v) is 4.48. The fourth-order valence-corrected chi connectivity index (χ4v) is 2.74. The fraction of sp³-hybridized carbons (Fsp3) is 0.929. The van der Waals surface area contributed by atoms with Crippen molar-refractivity contribution in [2.24, 2.45) is 5.73 Å². The van der Waals surface area contributed by atoms with Gasteiger partial charge in [0.05, 0.1) is 5.54 Å². The van der Waals surface area contributed by atoms with Gasteiger partial charge >= 0.3 is 0 Å². The molecule has 0 bridgehead atoms. The molecule has 0 aromatic rings. The van der Waals surface area contributed by atoms with Crippen LogP contribution in [0.4, 0.5) is 0 Å². The minimum Gasteiger partial charge on any atom is -0.368 e. The molecule has 0 spiro atoms. The van der Waals surface area contributed by atoms with Crippen molar-refractivity contribution < 1.29 is 4.79 Å². The second-order valence-electron chi connectivity index (χ2n) is 5.82. The second-order valence-corrected chi connectivity index (χ2v) is 5.82. The van der Waals surface area contributed by atoms with Gasteiger partial charge in [-0.2, -0.15) is 0 Å². The molecule has 4 heteroatoms. The molecule has 1 atom stereocenters. The summed E-state index contributed by atoms with van der Waals surface area (Å²) in [6, 6.07) is 0.789. The van der Waals surface area contributed by atoms with Crippen molar-refractivity contribution >= 4 is 5.91 Å². The quantitative estimate of drug-likeness (QED) is 0.646. The van der Waals surface area contributed by atoms with Crippen molar-refractivity contribution in [3.8, 4) is 0 Å². The predicted molar refractivity (Wildman–Crippen MR) is 75.4 cm³/mol. The lowest BCUT2D eigenvalue weighted by Gasteiger charge is -2.27. The van der Waals surface area contributed by atoms with Crippen LogP contribution in [0, 0.1) is 0 Å². The van der Waals surface area contributed by atoms with E-state index >= 15 is 0 Å². The predicted octanol–water partition coefficient (Wildman–Crippen LogP) is 1.49. The summed E-state index contributed by atoms with van der Waals surface area (Å²) >= 11 is 0. The summed E-state index contributed by atoms with van der Waals surface area (Å²) in [6.45, 7) is 3.01. The Bertz CT molecular complexity index is 264. The number of likely N-dealkylation sites (N-methyl/N-ethyl adjacent to an activating group) is 1. The number of carbonyl (C=O) groups is 1. The molecule has 1 amide bonds. The molecule has 0 aliphatic heterocycles. The molecule has 0 aromatic carbocycles. The van der Waals surface area contributed by atoms with Crippen LogP contribution >= 0.6 is 0 Å². The minimum absolute atomic E-state index is 0.255. The van der Waals surface area contributed by atoms with Crippen molar-refractivity contribution in [3.05, 3.63) is 0 Å². The number of nitrogens with two attached hydrogens (primary N) is 1. The molecule has 1 fully saturated rings. The number of rotatable bonds is 8. The molecule has 18 heavy (non-hydrogen) atoms. The molecule has 0 radical (unpaired) electrons. The van der Waals surface area contributed by atoms with E-state index in [-0.39, 0.29) is 5.91 Å². The van der Waals surface area contributed by atoms with Gasteiger partial charge in [0.25, 0.3) is 0 Å². The summed E-state index contributed by atoms with van der Waals surface area (Å²) in [6.07, 6.45) is 8.47. The first-order valence-corrected chi connectivity index (χ1v) is 7.18. The van der Waals surface area contributed by atoms with Crippen molar-refractivity contribution in [3.63, 3.8) is 0 Å². The highest BCUT2D eigenvalue weighted by molar-refractivity contribution is 5.84. The minimum atomic E-state index is -0.550. The van der Waals surface area contributed by atoms with Crippen LogP contribution in [-0.4, -0.2) is 43.0 Å². The number of primary amides is 1. The smallest absolute Gasteiger partial charge is 0.237 e. The molecule has 3 N–H and O–H groups in total. The molecule has 0 heterocycles. The van der Waals surface area contributed by atoms with Gasteiger partial charge in [-0.05, 0) is 59.7 Å². The topological polar surface area (TPSA) is 58.4 Å². The standard InChI is InChI=1S/C14H29N3O/c1-14(16-2,13(15)18)10-6-7-11-17(3)12-8-4-5-9-12/h12,16H,4-11H2,1-3H3,(H2,15,18). The summed E-state index contributed by atoms with van der Waals surface area (Å²) in [5, 5.41) is 3.03. The Morgan fingerprint density at radius 2 is 2.00 bits per heavy atom. The number of hydrogen-bond donors (Lipinski definition) is 2. The summed E-state index contributed by atoms with van der Waals surface area (Å²) in [7, 11) is 4.02. The van der Waals surface area contributed by atoms with Gasteiger partial charge < -0.3 is 16.0 Å². The molecule has 1 aliphatic carbocycles. The summed E-state index contributed by atoms with van der Waals surface area (Å²) in [4.78, 5) is 13.8. The maximum Gasteiger partial charge on any atom is 0.237 e. The lowest BCUT2D eigenvalue weighted by atomic mass is 9.94. The SMILES string of the molecule is CNC(C)(CCCCN(C)C1CCCC1)C(N)=O. The number of nitrogens with one attached hydrogen (secondary N) is 1. The van der Waals surface area contributed by atoms with Gasteiger partial charge in [0.1, 0.15) is 0 Å². The highest BCUT2D eigenvalue weighted by Crippen LogP contribution is 2.22. The van der Waals surface area contributed by atoms with Gasteiger partial charge in [-0.1, -0.05) is 12.8 Å². The van der Waals surface area contributed by atoms with Gasteiger partial charge in [0.15, 0.2) is 0 Å². The van der Waals surface area contributed by atoms with Crippen LogP contribution in [0.1, 0.15) is 51.9 Å². The van der Waals surface area contributed by atoms with Gasteiger partial charge in [0.2, 0.25) is 5.91 Å². The van der Waals surface area contributed by atoms with E-state index < -0.39 is 5.54 Å². The van der Waals surface area contributed by atoms with Crippen LogP contribution < -0.4 is 11.1 Å². The molecule has 1 aliphatic rings. The second kappa shape index (κ2) is 7.10. The Kier molecular flexibility index (Phi) is 6.09. The summed E-state index contributed by atoms with van der Waals surface area (Å²) in [5.74, 6) is -0.255. The Balaban J connectivity index is 2.19. The van der Waals surface area contributed by atoms with Crippen LogP contribution in [0.5, 0.6) is 0 Å². The average molecular weight is 255 g/mol. The zero-order valence-corrected chi connectivity index (χ0v) is 12.2. The van der Waals surface area contributed by atoms with E-state index in [4.69, 9.17) is 5.73 Å². The maximum atomic E-state index is 11.3. The zero-order valence-electron chi connectivity index (χ0n) is 12.2. The monoisotopic (exact) mass is 255 g/mol. The lowest BCUT2D eigenvalue weighted by Crippen LogP contribution is -2.51. The largest absolute Gasteiger partial charge is 0.368 e. The van der Waals surface area contributed by atoms with Gasteiger partial charge in [-0.15, -0.1) is 0 Å². The normalized spacial score (nSPS) is 20.2. The molecule has 0 saturated heterocycles. The van der Waals surface area contributed by atoms with E-state index in [1.807, 2.05) is 6.92 Å². The highest BCUT2D eigenvalue weighted by Gasteiger charge is 2.28. The molecule has 4 nitrogen and oxygen atoms in total. The number of unbranched alkanes of at least 4 members (excludes halogenated alkanes) is 1. The van der Waals surface area contributed by atoms with E-state index in [0.717, 1.165) is 31.8 Å². The Hall–Kier alpha value is -0.610. The van der Waals surface area contributed by atoms with E-state index in [1.165, 1.54) is 25.7 Å². The Morgan fingerprint density at radius 1 is 1.39 bits per heavy atom. The van der Waals surface area contributed by atoms with E-state index in [0.29, 0.717) is 0 Å². The first-order valence-electron chi connectivity index (χ1n) is 7.18. The number of hydrogen-bond acceptors (Lipinski definition) is 3. The van der Waals surface area contributed by atoms with Crippen LogP contribution in [0.2, 0.25) is 0 Å². The lowest BCUT2D eigenvalue weighted by molar-refractivity contribution is -0.123. The number of nitrogens with zero attached hydrogens (tertiary/aromatic N) is 1. The van der Waals surface area contributed by atoms with Crippen LogP contribution in [0.25, 0.3) is 0 Å². The van der Waals surface area contributed by atoms with E-state index in [1.54, 1.807) is 7.05 Å². The van der Waals surface area contributed by atoms with Crippen molar-refractivity contribution in [2.45, 2.75) is 63.5 Å². The summed E-state index contributed by atoms with van der Waals surface area (Å²) < 4.78 is 0. The number of amides is 1. The van der Waals surface area contributed by atoms with Gasteiger partial charge in [0, 0.05) is 6.04 Å². The maximum absolute atomic E-state index is 11.3. The molecule has 0 aromatic heterocycles. The molecular weight excluding hydrogens is 226 g/mol. The van der Waals surface area contributed by atoms with Crippen LogP contribution in [0.3, 0.4) is 0 Å². The van der Waals surface area contributed by atoms with E-state index in [2.05, 4.69) is 17.3 Å². The number of carbonyl (C=O) groups excluding carboxylic acids is 1. The van der Waals surface area contributed by atoms with Gasteiger partial charge in [-0.25, -0.2) is 0 Å². The van der Waals surface area contributed by atoms with Crippen molar-refractivity contribution in [1.82, 2.24) is 10.2 Å². The van der Waals surface area contributed by atoms with Crippen LogP contribution in [-0.2, 0) is 4.79 Å². The fourth-order valence-electron chi connectivity index (χ4n) is 2.74. The van der Waals surface area contributed by atoms with E-state index in [9.17, 15) is 4.79 Å².